The van der Waals surface area contributed by atoms with Crippen molar-refractivity contribution in [3.63, 3.8) is 0 Å². The summed E-state index contributed by atoms with van der Waals surface area (Å²) >= 11 is 0. The molecule has 1 aromatic carbocycles. The number of likely N-dealkylation sites (tertiary alicyclic amines) is 1. The summed E-state index contributed by atoms with van der Waals surface area (Å²) in [7, 11) is 0. The standard InChI is InChI=1S/C28H36FN3O4/c29-20-9-11-23(25-7-4-16-36-25)24(17-20)26(28(33)34)32-14-12-22(18-32)35-15-2-1-6-21-10-8-19-5-3-13-30-27(19)31-21/h8-11,17,22,25-26H,1-7,12-16,18H2,(H,30,31)(H,33,34). The van der Waals surface area contributed by atoms with Gasteiger partial charge in [0.1, 0.15) is 17.7 Å². The molecule has 3 aliphatic rings. The van der Waals surface area contributed by atoms with Crippen LogP contribution in [0.25, 0.3) is 0 Å². The van der Waals surface area contributed by atoms with Gasteiger partial charge in [0.2, 0.25) is 0 Å². The van der Waals surface area contributed by atoms with E-state index in [-0.39, 0.29) is 12.2 Å². The fraction of sp³-hybridized carbons (Fsp3) is 0.571. The number of carboxylic acid groups (broad SMARTS) is 1. The highest BCUT2D eigenvalue weighted by atomic mass is 19.1. The number of halogens is 1. The van der Waals surface area contributed by atoms with E-state index in [1.807, 2.05) is 4.90 Å². The van der Waals surface area contributed by atoms with Crippen LogP contribution in [-0.4, -0.2) is 59.9 Å². The number of hydrogen-bond donors (Lipinski definition) is 2. The van der Waals surface area contributed by atoms with Crippen molar-refractivity contribution in [2.45, 2.75) is 69.6 Å². The van der Waals surface area contributed by atoms with Crippen molar-refractivity contribution in [2.24, 2.45) is 0 Å². The van der Waals surface area contributed by atoms with Crippen LogP contribution in [0.15, 0.2) is 30.3 Å². The Balaban J connectivity index is 1.12. The van der Waals surface area contributed by atoms with Crippen LogP contribution in [0.5, 0.6) is 0 Å². The number of carboxylic acids is 1. The quantitative estimate of drug-likeness (QED) is 0.462. The van der Waals surface area contributed by atoms with Crippen LogP contribution >= 0.6 is 0 Å². The Morgan fingerprint density at radius 1 is 1.25 bits per heavy atom. The molecule has 7 nitrogen and oxygen atoms in total. The number of nitrogens with one attached hydrogen (secondary N) is 1. The predicted molar refractivity (Wildman–Crippen MR) is 135 cm³/mol. The topological polar surface area (TPSA) is 83.9 Å². The van der Waals surface area contributed by atoms with Crippen LogP contribution in [0.3, 0.4) is 0 Å². The summed E-state index contributed by atoms with van der Waals surface area (Å²) in [6, 6.07) is 7.87. The van der Waals surface area contributed by atoms with Crippen molar-refractivity contribution in [3.05, 3.63) is 58.5 Å². The zero-order valence-corrected chi connectivity index (χ0v) is 20.8. The molecule has 2 N–H and O–H groups in total. The zero-order valence-electron chi connectivity index (χ0n) is 20.8. The van der Waals surface area contributed by atoms with Gasteiger partial charge in [0.15, 0.2) is 0 Å². The van der Waals surface area contributed by atoms with Crippen LogP contribution in [0, 0.1) is 5.82 Å². The molecular formula is C28H36FN3O4. The molecule has 0 bridgehead atoms. The first-order chi connectivity index (χ1) is 17.6. The lowest BCUT2D eigenvalue weighted by Crippen LogP contribution is -2.34. The van der Waals surface area contributed by atoms with Gasteiger partial charge in [0.25, 0.3) is 0 Å². The van der Waals surface area contributed by atoms with Gasteiger partial charge >= 0.3 is 5.97 Å². The first-order valence-corrected chi connectivity index (χ1v) is 13.3. The number of hydrogen-bond acceptors (Lipinski definition) is 6. The van der Waals surface area contributed by atoms with Crippen molar-refractivity contribution in [2.75, 3.05) is 38.2 Å². The number of ether oxygens (including phenoxy) is 2. The molecule has 8 heteroatoms. The summed E-state index contributed by atoms with van der Waals surface area (Å²) < 4.78 is 26.1. The van der Waals surface area contributed by atoms with Crippen molar-refractivity contribution in [1.29, 1.82) is 0 Å². The number of unbranched alkanes of at least 4 members (excludes halogenated alkanes) is 1. The highest BCUT2D eigenvalue weighted by Crippen LogP contribution is 2.37. The van der Waals surface area contributed by atoms with Gasteiger partial charge in [-0.3, -0.25) is 9.69 Å². The Hall–Kier alpha value is -2.55. The summed E-state index contributed by atoms with van der Waals surface area (Å²) in [4.78, 5) is 19.0. The minimum absolute atomic E-state index is 0.0161. The predicted octanol–water partition coefficient (Wildman–Crippen LogP) is 4.67. The molecule has 36 heavy (non-hydrogen) atoms. The molecular weight excluding hydrogens is 461 g/mol. The zero-order chi connectivity index (χ0) is 24.9. The number of aryl methyl sites for hydroxylation is 2. The number of aromatic nitrogens is 1. The minimum atomic E-state index is -0.965. The normalized spacial score (nSPS) is 22.8. The maximum absolute atomic E-state index is 14.2. The molecule has 0 aliphatic carbocycles. The van der Waals surface area contributed by atoms with Crippen LogP contribution < -0.4 is 5.32 Å². The fourth-order valence-corrected chi connectivity index (χ4v) is 5.68. The van der Waals surface area contributed by atoms with E-state index in [1.54, 1.807) is 6.07 Å². The molecule has 0 amide bonds. The molecule has 0 saturated carbocycles. The van der Waals surface area contributed by atoms with Crippen LogP contribution in [-0.2, 0) is 27.1 Å². The van der Waals surface area contributed by atoms with Crippen LogP contribution in [0.1, 0.15) is 73.1 Å². The Morgan fingerprint density at radius 3 is 3.00 bits per heavy atom. The molecule has 2 aromatic rings. The van der Waals surface area contributed by atoms with E-state index in [0.29, 0.717) is 31.9 Å². The molecule has 5 rings (SSSR count). The number of aliphatic carboxylic acids is 1. The van der Waals surface area contributed by atoms with E-state index in [9.17, 15) is 14.3 Å². The second-order valence-electron chi connectivity index (χ2n) is 10.1. The van der Waals surface area contributed by atoms with E-state index in [1.165, 1.54) is 17.7 Å². The van der Waals surface area contributed by atoms with Crippen molar-refractivity contribution in [3.8, 4) is 0 Å². The SMILES string of the molecule is O=C(O)C(c1cc(F)ccc1C1CCCO1)N1CCC(OCCCCc2ccc3c(n2)NCCC3)C1. The number of benzene rings is 1. The van der Waals surface area contributed by atoms with Crippen molar-refractivity contribution < 1.29 is 23.8 Å². The lowest BCUT2D eigenvalue weighted by atomic mass is 9.94. The lowest BCUT2D eigenvalue weighted by molar-refractivity contribution is -0.143. The third-order valence-electron chi connectivity index (χ3n) is 7.53. The van der Waals surface area contributed by atoms with Gasteiger partial charge in [0.05, 0.1) is 12.2 Å². The van der Waals surface area contributed by atoms with Gasteiger partial charge in [0, 0.05) is 38.5 Å². The van der Waals surface area contributed by atoms with E-state index in [2.05, 4.69) is 17.4 Å². The largest absolute Gasteiger partial charge is 0.480 e. The monoisotopic (exact) mass is 497 g/mol. The average Bonchev–Trinajstić information content (AvgIpc) is 3.57. The molecule has 3 unspecified atom stereocenters. The molecule has 4 heterocycles. The van der Waals surface area contributed by atoms with Crippen LogP contribution in [0.4, 0.5) is 10.2 Å². The average molecular weight is 498 g/mol. The van der Waals surface area contributed by atoms with E-state index >= 15 is 0 Å². The van der Waals surface area contributed by atoms with Gasteiger partial charge in [-0.05, 0) is 86.3 Å². The van der Waals surface area contributed by atoms with Gasteiger partial charge in [-0.1, -0.05) is 12.1 Å². The van der Waals surface area contributed by atoms with Gasteiger partial charge < -0.3 is 19.9 Å². The first-order valence-electron chi connectivity index (χ1n) is 13.3. The maximum Gasteiger partial charge on any atom is 0.325 e. The number of anilines is 1. The molecule has 2 saturated heterocycles. The van der Waals surface area contributed by atoms with Gasteiger partial charge in [-0.25, -0.2) is 9.37 Å². The van der Waals surface area contributed by atoms with Gasteiger partial charge in [-0.15, -0.1) is 0 Å². The Bertz CT molecular complexity index is 1060. The Labute approximate surface area is 212 Å². The highest BCUT2D eigenvalue weighted by Gasteiger charge is 2.37. The summed E-state index contributed by atoms with van der Waals surface area (Å²) in [5, 5.41) is 13.5. The molecule has 1 aromatic heterocycles. The third kappa shape index (κ3) is 5.88. The first kappa shape index (κ1) is 25.1. The number of fused-ring (bicyclic) bond motifs is 1. The number of carbonyl (C=O) groups is 1. The minimum Gasteiger partial charge on any atom is -0.480 e. The van der Waals surface area contributed by atoms with Crippen molar-refractivity contribution in [1.82, 2.24) is 9.88 Å². The molecule has 194 valence electrons. The maximum atomic E-state index is 14.2. The second-order valence-corrected chi connectivity index (χ2v) is 10.1. The van der Waals surface area contributed by atoms with Gasteiger partial charge in [-0.2, -0.15) is 0 Å². The van der Waals surface area contributed by atoms with E-state index in [4.69, 9.17) is 14.5 Å². The molecule has 2 fully saturated rings. The number of rotatable bonds is 10. The number of pyridine rings is 1. The second kappa shape index (κ2) is 11.7. The fourth-order valence-electron chi connectivity index (χ4n) is 5.68. The Kier molecular flexibility index (Phi) is 8.14. The number of nitrogens with zero attached hydrogens (tertiary/aromatic N) is 2. The molecule has 3 aliphatic heterocycles. The smallest absolute Gasteiger partial charge is 0.325 e. The summed E-state index contributed by atoms with van der Waals surface area (Å²) in [5.41, 5.74) is 3.70. The van der Waals surface area contributed by atoms with E-state index in [0.717, 1.165) is 75.0 Å². The summed E-state index contributed by atoms with van der Waals surface area (Å²) in [6.45, 7) is 3.41. The molecule has 0 radical (unpaired) electrons. The molecule has 0 spiro atoms. The van der Waals surface area contributed by atoms with E-state index < -0.39 is 17.8 Å². The summed E-state index contributed by atoms with van der Waals surface area (Å²) in [6.07, 6.45) is 7.44. The molecule has 3 atom stereocenters. The summed E-state index contributed by atoms with van der Waals surface area (Å²) in [5.74, 6) is -0.350. The highest BCUT2D eigenvalue weighted by molar-refractivity contribution is 5.76. The lowest BCUT2D eigenvalue weighted by Gasteiger charge is -2.28. The van der Waals surface area contributed by atoms with Crippen molar-refractivity contribution >= 4 is 11.8 Å². The van der Waals surface area contributed by atoms with Crippen LogP contribution in [0.2, 0.25) is 0 Å². The Morgan fingerprint density at radius 2 is 2.17 bits per heavy atom. The third-order valence-corrected chi connectivity index (χ3v) is 7.53.